The minimum absolute atomic E-state index is 0.0812. The summed E-state index contributed by atoms with van der Waals surface area (Å²) < 4.78 is 15.7. The van der Waals surface area contributed by atoms with Gasteiger partial charge in [0.15, 0.2) is 0 Å². The van der Waals surface area contributed by atoms with Crippen molar-refractivity contribution >= 4 is 10.9 Å². The number of nitrogens with zero attached hydrogens (tertiary/aromatic N) is 2. The molecule has 0 aliphatic rings. The monoisotopic (exact) mass is 365 g/mol. The summed E-state index contributed by atoms with van der Waals surface area (Å²) in [5.41, 5.74) is 0.492. The number of aromatic nitrogens is 3. The van der Waals surface area contributed by atoms with Crippen LogP contribution in [0.3, 0.4) is 0 Å². The van der Waals surface area contributed by atoms with Crippen LogP contribution in [0.2, 0.25) is 0 Å². The van der Waals surface area contributed by atoms with Crippen LogP contribution in [-0.2, 0) is 0 Å². The van der Waals surface area contributed by atoms with E-state index in [1.165, 1.54) is 14.2 Å². The van der Waals surface area contributed by atoms with Crippen LogP contribution in [0.4, 0.5) is 0 Å². The first-order valence-corrected chi connectivity index (χ1v) is 8.02. The minimum Gasteiger partial charge on any atom is -0.506 e. The maximum absolute atomic E-state index is 12.4. The Hall–Kier alpha value is -3.81. The van der Waals surface area contributed by atoms with Crippen molar-refractivity contribution in [2.75, 3.05) is 14.2 Å². The van der Waals surface area contributed by atoms with Gasteiger partial charge in [-0.15, -0.1) is 0 Å². The highest BCUT2D eigenvalue weighted by Crippen LogP contribution is 2.33. The molecule has 8 nitrogen and oxygen atoms in total. The van der Waals surface area contributed by atoms with Crippen molar-refractivity contribution in [1.29, 1.82) is 0 Å². The number of aromatic hydroxyl groups is 1. The van der Waals surface area contributed by atoms with Crippen molar-refractivity contribution in [2.45, 2.75) is 0 Å². The lowest BCUT2D eigenvalue weighted by molar-refractivity contribution is 0.394. The van der Waals surface area contributed by atoms with E-state index in [9.17, 15) is 9.90 Å². The molecule has 2 heterocycles. The van der Waals surface area contributed by atoms with Crippen LogP contribution in [0.15, 0.2) is 51.8 Å². The minimum atomic E-state index is -0.523. The lowest BCUT2D eigenvalue weighted by Crippen LogP contribution is -2.09. The average molecular weight is 365 g/mol. The molecular formula is C19H15N3O5. The van der Waals surface area contributed by atoms with Crippen molar-refractivity contribution in [3.8, 4) is 40.1 Å². The van der Waals surface area contributed by atoms with E-state index in [-0.39, 0.29) is 23.0 Å². The summed E-state index contributed by atoms with van der Waals surface area (Å²) in [6, 6.07) is 12.0. The Morgan fingerprint density at radius 3 is 2.48 bits per heavy atom. The number of methoxy groups -OCH3 is 2. The predicted molar refractivity (Wildman–Crippen MR) is 98.1 cm³/mol. The van der Waals surface area contributed by atoms with E-state index in [0.29, 0.717) is 28.0 Å². The number of nitrogens with one attached hydrogen (secondary N) is 1. The molecule has 0 unspecified atom stereocenters. The first kappa shape index (κ1) is 16.6. The fraction of sp³-hybridized carbons (Fsp3) is 0.105. The molecular weight excluding hydrogens is 350 g/mol. The van der Waals surface area contributed by atoms with Crippen LogP contribution in [-0.4, -0.2) is 34.5 Å². The zero-order chi connectivity index (χ0) is 19.0. The SMILES string of the molecule is COc1cc(OC)cc(-c2noc(-c3c(O)c4ccccc4[nH]c3=O)n2)c1. The number of ether oxygens (including phenoxy) is 2. The topological polar surface area (TPSA) is 110 Å². The molecule has 0 amide bonds. The number of hydrogen-bond donors (Lipinski definition) is 2. The van der Waals surface area contributed by atoms with Crippen LogP contribution in [0.1, 0.15) is 0 Å². The molecule has 27 heavy (non-hydrogen) atoms. The quantitative estimate of drug-likeness (QED) is 0.572. The van der Waals surface area contributed by atoms with Gasteiger partial charge in [0, 0.05) is 17.0 Å². The van der Waals surface area contributed by atoms with Gasteiger partial charge in [0.2, 0.25) is 5.82 Å². The summed E-state index contributed by atoms with van der Waals surface area (Å²) >= 11 is 0. The highest BCUT2D eigenvalue weighted by molar-refractivity contribution is 5.90. The molecule has 0 aliphatic heterocycles. The highest BCUT2D eigenvalue weighted by Gasteiger charge is 2.20. The number of H-pyrrole nitrogens is 1. The summed E-state index contributed by atoms with van der Waals surface area (Å²) in [6.45, 7) is 0. The summed E-state index contributed by atoms with van der Waals surface area (Å²) in [5, 5.41) is 14.9. The Kier molecular flexibility index (Phi) is 4.00. The molecule has 8 heteroatoms. The second-order valence-electron chi connectivity index (χ2n) is 5.75. The Morgan fingerprint density at radius 2 is 1.78 bits per heavy atom. The van der Waals surface area contributed by atoms with Gasteiger partial charge < -0.3 is 24.1 Å². The van der Waals surface area contributed by atoms with Crippen molar-refractivity contribution in [3.05, 3.63) is 52.8 Å². The van der Waals surface area contributed by atoms with Crippen molar-refractivity contribution in [3.63, 3.8) is 0 Å². The average Bonchev–Trinajstić information content (AvgIpc) is 3.17. The first-order chi connectivity index (χ1) is 13.1. The number of benzene rings is 2. The third-order valence-electron chi connectivity index (χ3n) is 4.14. The normalized spacial score (nSPS) is 10.9. The Morgan fingerprint density at radius 1 is 1.07 bits per heavy atom. The van der Waals surface area contributed by atoms with E-state index in [4.69, 9.17) is 14.0 Å². The molecule has 0 radical (unpaired) electrons. The van der Waals surface area contributed by atoms with Crippen molar-refractivity contribution in [2.24, 2.45) is 0 Å². The molecule has 2 aromatic heterocycles. The third kappa shape index (κ3) is 2.86. The number of para-hydroxylation sites is 1. The van der Waals surface area contributed by atoms with Gasteiger partial charge in [-0.25, -0.2) is 0 Å². The van der Waals surface area contributed by atoms with Gasteiger partial charge in [0.05, 0.1) is 19.7 Å². The molecule has 4 aromatic rings. The number of aromatic amines is 1. The van der Waals surface area contributed by atoms with Gasteiger partial charge in [0.1, 0.15) is 22.8 Å². The van der Waals surface area contributed by atoms with E-state index in [0.717, 1.165) is 0 Å². The Balaban J connectivity index is 1.85. The van der Waals surface area contributed by atoms with E-state index < -0.39 is 5.56 Å². The first-order valence-electron chi connectivity index (χ1n) is 8.02. The summed E-state index contributed by atoms with van der Waals surface area (Å²) in [4.78, 5) is 19.4. The van der Waals surface area contributed by atoms with Gasteiger partial charge in [-0.05, 0) is 24.3 Å². The van der Waals surface area contributed by atoms with Gasteiger partial charge in [0.25, 0.3) is 11.4 Å². The molecule has 2 aromatic carbocycles. The second-order valence-corrected chi connectivity index (χ2v) is 5.75. The predicted octanol–water partition coefficient (Wildman–Crippen LogP) is 2.97. The molecule has 0 atom stereocenters. The number of pyridine rings is 1. The molecule has 0 saturated carbocycles. The fourth-order valence-corrected chi connectivity index (χ4v) is 2.80. The number of rotatable bonds is 4. The zero-order valence-corrected chi connectivity index (χ0v) is 14.5. The van der Waals surface area contributed by atoms with Crippen molar-refractivity contribution < 1.29 is 19.1 Å². The summed E-state index contributed by atoms with van der Waals surface area (Å²) in [5.74, 6) is 1.04. The molecule has 0 bridgehead atoms. The van der Waals surface area contributed by atoms with Crippen LogP contribution in [0.25, 0.3) is 33.7 Å². The zero-order valence-electron chi connectivity index (χ0n) is 14.5. The Bertz CT molecular complexity index is 1170. The van der Waals surface area contributed by atoms with Gasteiger partial charge in [-0.3, -0.25) is 4.79 Å². The van der Waals surface area contributed by atoms with E-state index in [1.54, 1.807) is 42.5 Å². The standard InChI is InChI=1S/C19H15N3O5/c1-25-11-7-10(8-12(9-11)26-2)17-21-19(27-22-17)15-16(23)13-5-3-4-6-14(13)20-18(15)24/h3-9H,1-2H3,(H2,20,23,24). The molecule has 0 saturated heterocycles. The smallest absolute Gasteiger partial charge is 0.267 e. The van der Waals surface area contributed by atoms with Crippen molar-refractivity contribution in [1.82, 2.24) is 15.1 Å². The van der Waals surface area contributed by atoms with Gasteiger partial charge in [-0.1, -0.05) is 17.3 Å². The lowest BCUT2D eigenvalue weighted by Gasteiger charge is -2.05. The lowest BCUT2D eigenvalue weighted by atomic mass is 10.1. The van der Waals surface area contributed by atoms with E-state index in [2.05, 4.69) is 15.1 Å². The van der Waals surface area contributed by atoms with Gasteiger partial charge in [-0.2, -0.15) is 4.98 Å². The number of hydrogen-bond acceptors (Lipinski definition) is 7. The largest absolute Gasteiger partial charge is 0.506 e. The summed E-state index contributed by atoms with van der Waals surface area (Å²) in [7, 11) is 3.07. The molecule has 0 aliphatic carbocycles. The molecule has 4 rings (SSSR count). The Labute approximate surface area is 153 Å². The van der Waals surface area contributed by atoms with Crippen LogP contribution in [0.5, 0.6) is 17.2 Å². The van der Waals surface area contributed by atoms with E-state index >= 15 is 0 Å². The molecule has 0 fully saturated rings. The highest BCUT2D eigenvalue weighted by atomic mass is 16.5. The fourth-order valence-electron chi connectivity index (χ4n) is 2.80. The van der Waals surface area contributed by atoms with Crippen LogP contribution >= 0.6 is 0 Å². The molecule has 0 spiro atoms. The molecule has 2 N–H and O–H groups in total. The summed E-state index contributed by atoms with van der Waals surface area (Å²) in [6.07, 6.45) is 0. The third-order valence-corrected chi connectivity index (χ3v) is 4.14. The number of fused-ring (bicyclic) bond motifs is 1. The maximum atomic E-state index is 12.4. The van der Waals surface area contributed by atoms with Gasteiger partial charge >= 0.3 is 0 Å². The van der Waals surface area contributed by atoms with Crippen LogP contribution < -0.4 is 15.0 Å². The van der Waals surface area contributed by atoms with E-state index in [1.807, 2.05) is 0 Å². The second kappa shape index (κ2) is 6.49. The van der Waals surface area contributed by atoms with Crippen LogP contribution in [0, 0.1) is 0 Å². The molecule has 136 valence electrons. The maximum Gasteiger partial charge on any atom is 0.267 e.